The van der Waals surface area contributed by atoms with Gasteiger partial charge in [-0.25, -0.2) is 0 Å². The second kappa shape index (κ2) is 4.22. The highest BCUT2D eigenvalue weighted by Gasteiger charge is 2.25. The second-order valence-electron chi connectivity index (χ2n) is 3.05. The van der Waals surface area contributed by atoms with Crippen molar-refractivity contribution in [2.75, 3.05) is 6.61 Å². The quantitative estimate of drug-likeness (QED) is 0.855. The lowest BCUT2D eigenvalue weighted by molar-refractivity contribution is -0.0222. The number of aliphatic hydroxyl groups is 2. The summed E-state index contributed by atoms with van der Waals surface area (Å²) in [5.41, 5.74) is -0.346. The van der Waals surface area contributed by atoms with Gasteiger partial charge >= 0.3 is 0 Å². The zero-order chi connectivity index (χ0) is 9.90. The highest BCUT2D eigenvalue weighted by Crippen LogP contribution is 2.25. The van der Waals surface area contributed by atoms with Crippen LogP contribution in [-0.4, -0.2) is 16.8 Å². The normalized spacial score (nSPS) is 15.4. The Morgan fingerprint density at radius 3 is 2.23 bits per heavy atom. The van der Waals surface area contributed by atoms with E-state index in [0.29, 0.717) is 6.42 Å². The molecule has 1 aromatic rings. The van der Waals surface area contributed by atoms with E-state index < -0.39 is 5.60 Å². The van der Waals surface area contributed by atoms with Gasteiger partial charge in [0.2, 0.25) is 0 Å². The molecule has 0 saturated heterocycles. The lowest BCUT2D eigenvalue weighted by Gasteiger charge is -2.24. The van der Waals surface area contributed by atoms with E-state index in [-0.39, 0.29) is 6.61 Å². The van der Waals surface area contributed by atoms with E-state index >= 15 is 0 Å². The van der Waals surface area contributed by atoms with Crippen molar-refractivity contribution in [1.82, 2.24) is 0 Å². The van der Waals surface area contributed by atoms with Crippen LogP contribution in [0.2, 0.25) is 0 Å². The van der Waals surface area contributed by atoms with Crippen LogP contribution in [0.25, 0.3) is 0 Å². The first kappa shape index (κ1) is 10.7. The summed E-state index contributed by atoms with van der Waals surface area (Å²) in [5, 5.41) is 19.0. The highest BCUT2D eigenvalue weighted by molar-refractivity contribution is 9.10. The van der Waals surface area contributed by atoms with Gasteiger partial charge in [0.05, 0.1) is 6.61 Å². The molecule has 0 saturated carbocycles. The molecule has 0 aliphatic carbocycles. The first-order valence-corrected chi connectivity index (χ1v) is 5.01. The third kappa shape index (κ3) is 2.30. The van der Waals surface area contributed by atoms with E-state index in [1.807, 2.05) is 31.2 Å². The molecule has 1 aromatic carbocycles. The van der Waals surface area contributed by atoms with Crippen LogP contribution in [0, 0.1) is 0 Å². The summed E-state index contributed by atoms with van der Waals surface area (Å²) in [4.78, 5) is 0. The molecule has 0 amide bonds. The predicted molar refractivity (Wildman–Crippen MR) is 55.4 cm³/mol. The molecular formula is C10H13BrO2. The fraction of sp³-hybridized carbons (Fsp3) is 0.400. The van der Waals surface area contributed by atoms with E-state index in [1.54, 1.807) is 0 Å². The van der Waals surface area contributed by atoms with Gasteiger partial charge in [-0.3, -0.25) is 0 Å². The summed E-state index contributed by atoms with van der Waals surface area (Å²) >= 11 is 3.31. The molecule has 0 aliphatic rings. The van der Waals surface area contributed by atoms with Crippen LogP contribution < -0.4 is 0 Å². The Labute approximate surface area is 86.3 Å². The van der Waals surface area contributed by atoms with Crippen LogP contribution in [0.15, 0.2) is 28.7 Å². The minimum atomic E-state index is -1.10. The van der Waals surface area contributed by atoms with Crippen molar-refractivity contribution in [2.24, 2.45) is 0 Å². The van der Waals surface area contributed by atoms with Gasteiger partial charge in [-0.15, -0.1) is 0 Å². The van der Waals surface area contributed by atoms with Crippen molar-refractivity contribution in [1.29, 1.82) is 0 Å². The van der Waals surface area contributed by atoms with E-state index in [0.717, 1.165) is 10.0 Å². The molecule has 0 aromatic heterocycles. The molecular weight excluding hydrogens is 232 g/mol. The molecule has 2 nitrogen and oxygen atoms in total. The average molecular weight is 245 g/mol. The molecule has 3 heteroatoms. The van der Waals surface area contributed by atoms with Gasteiger partial charge in [0.1, 0.15) is 5.60 Å². The van der Waals surface area contributed by atoms with Crippen LogP contribution in [0.4, 0.5) is 0 Å². The Morgan fingerprint density at radius 1 is 1.31 bits per heavy atom. The summed E-state index contributed by atoms with van der Waals surface area (Å²) in [5.74, 6) is 0. The number of benzene rings is 1. The Bertz CT molecular complexity index is 265. The van der Waals surface area contributed by atoms with Gasteiger partial charge in [0, 0.05) is 4.47 Å². The number of rotatable bonds is 3. The van der Waals surface area contributed by atoms with Gasteiger partial charge in [-0.1, -0.05) is 35.0 Å². The van der Waals surface area contributed by atoms with Gasteiger partial charge < -0.3 is 10.2 Å². The smallest absolute Gasteiger partial charge is 0.112 e. The van der Waals surface area contributed by atoms with Crippen LogP contribution in [0.3, 0.4) is 0 Å². The predicted octanol–water partition coefficient (Wildman–Crippen LogP) is 2.04. The Hall–Kier alpha value is -0.380. The Kier molecular flexibility index (Phi) is 3.47. The molecule has 1 atom stereocenters. The monoisotopic (exact) mass is 244 g/mol. The van der Waals surface area contributed by atoms with Crippen molar-refractivity contribution in [2.45, 2.75) is 18.9 Å². The number of hydrogen-bond acceptors (Lipinski definition) is 2. The van der Waals surface area contributed by atoms with Crippen LogP contribution in [-0.2, 0) is 5.60 Å². The third-order valence-corrected chi connectivity index (χ3v) is 2.76. The van der Waals surface area contributed by atoms with Crippen molar-refractivity contribution in [3.63, 3.8) is 0 Å². The molecule has 0 fully saturated rings. The van der Waals surface area contributed by atoms with Crippen LogP contribution >= 0.6 is 15.9 Å². The maximum Gasteiger partial charge on any atom is 0.112 e. The zero-order valence-electron chi connectivity index (χ0n) is 7.50. The standard InChI is InChI=1S/C10H13BrO2/c1-2-10(13,7-12)8-3-5-9(11)6-4-8/h3-6,12-13H,2,7H2,1H3/t10-/m0/s1. The lowest BCUT2D eigenvalue weighted by Crippen LogP contribution is -2.28. The fourth-order valence-corrected chi connectivity index (χ4v) is 1.43. The summed E-state index contributed by atoms with van der Waals surface area (Å²) < 4.78 is 0.965. The van der Waals surface area contributed by atoms with Gasteiger partial charge in [-0.2, -0.15) is 0 Å². The highest BCUT2D eigenvalue weighted by atomic mass is 79.9. The van der Waals surface area contributed by atoms with Crippen LogP contribution in [0.5, 0.6) is 0 Å². The first-order valence-electron chi connectivity index (χ1n) is 4.21. The van der Waals surface area contributed by atoms with Crippen molar-refractivity contribution in [3.8, 4) is 0 Å². The average Bonchev–Trinajstić information content (AvgIpc) is 2.18. The molecule has 0 heterocycles. The number of hydrogen-bond donors (Lipinski definition) is 2. The molecule has 0 unspecified atom stereocenters. The Balaban J connectivity index is 2.99. The summed E-state index contributed by atoms with van der Waals surface area (Å²) in [6.07, 6.45) is 0.505. The van der Waals surface area contributed by atoms with E-state index in [2.05, 4.69) is 15.9 Å². The first-order chi connectivity index (χ1) is 6.12. The molecule has 1 rings (SSSR count). The maximum atomic E-state index is 9.93. The topological polar surface area (TPSA) is 40.5 Å². The number of halogens is 1. The molecule has 0 spiro atoms. The maximum absolute atomic E-state index is 9.93. The van der Waals surface area contributed by atoms with Crippen LogP contribution in [0.1, 0.15) is 18.9 Å². The molecule has 2 N–H and O–H groups in total. The molecule has 0 bridgehead atoms. The van der Waals surface area contributed by atoms with Crippen molar-refractivity contribution >= 4 is 15.9 Å². The third-order valence-electron chi connectivity index (χ3n) is 2.23. The zero-order valence-corrected chi connectivity index (χ0v) is 9.08. The van der Waals surface area contributed by atoms with Crippen molar-refractivity contribution in [3.05, 3.63) is 34.3 Å². The van der Waals surface area contributed by atoms with E-state index in [9.17, 15) is 5.11 Å². The minimum Gasteiger partial charge on any atom is -0.393 e. The fourth-order valence-electron chi connectivity index (χ4n) is 1.17. The summed E-state index contributed by atoms with van der Waals surface area (Å²) in [6, 6.07) is 7.32. The Morgan fingerprint density at radius 2 is 1.85 bits per heavy atom. The summed E-state index contributed by atoms with van der Waals surface area (Å²) in [6.45, 7) is 1.60. The lowest BCUT2D eigenvalue weighted by atomic mass is 9.92. The molecule has 0 radical (unpaired) electrons. The largest absolute Gasteiger partial charge is 0.393 e. The van der Waals surface area contributed by atoms with E-state index in [4.69, 9.17) is 5.11 Å². The van der Waals surface area contributed by atoms with E-state index in [1.165, 1.54) is 0 Å². The van der Waals surface area contributed by atoms with Crippen molar-refractivity contribution < 1.29 is 10.2 Å². The number of aliphatic hydroxyl groups excluding tert-OH is 1. The summed E-state index contributed by atoms with van der Waals surface area (Å²) in [7, 11) is 0. The second-order valence-corrected chi connectivity index (χ2v) is 3.97. The SMILES string of the molecule is CC[C@](O)(CO)c1ccc(Br)cc1. The van der Waals surface area contributed by atoms with Gasteiger partial charge in [-0.05, 0) is 24.1 Å². The molecule has 0 aliphatic heterocycles. The minimum absolute atomic E-state index is 0.245. The molecule has 72 valence electrons. The molecule has 13 heavy (non-hydrogen) atoms. The van der Waals surface area contributed by atoms with Gasteiger partial charge in [0.25, 0.3) is 0 Å². The van der Waals surface area contributed by atoms with Gasteiger partial charge in [0.15, 0.2) is 0 Å².